The van der Waals surface area contributed by atoms with Gasteiger partial charge >= 0.3 is 6.09 Å². The largest absolute Gasteiger partial charge is 0.444 e. The third-order valence-electron chi connectivity index (χ3n) is 7.99. The second kappa shape index (κ2) is 15.3. The molecule has 3 aliphatic rings. The molecule has 0 spiro atoms. The predicted octanol–water partition coefficient (Wildman–Crippen LogP) is 4.16. The lowest BCUT2D eigenvalue weighted by molar-refractivity contribution is -0.133. The smallest absolute Gasteiger partial charge is 0.411 e. The molecule has 3 fully saturated rings. The average Bonchev–Trinajstić information content (AvgIpc) is 3.44. The van der Waals surface area contributed by atoms with Gasteiger partial charge in [-0.25, -0.2) is 4.79 Å². The third kappa shape index (κ3) is 10.2. The van der Waals surface area contributed by atoms with Crippen LogP contribution in [0.2, 0.25) is 0 Å². The number of ether oxygens (including phenoxy) is 2. The minimum absolute atomic E-state index is 0.0487. The van der Waals surface area contributed by atoms with Gasteiger partial charge in [-0.3, -0.25) is 19.4 Å². The number of thioether (sulfide) groups is 1. The fourth-order valence-electron chi connectivity index (χ4n) is 5.70. The van der Waals surface area contributed by atoms with Crippen molar-refractivity contribution in [3.63, 3.8) is 0 Å². The van der Waals surface area contributed by atoms with Crippen molar-refractivity contribution in [2.45, 2.75) is 96.0 Å². The number of carbonyl (C=O) groups excluding carboxylic acids is 3. The lowest BCUT2D eigenvalue weighted by Gasteiger charge is -2.33. The molecule has 1 aliphatic carbocycles. The zero-order valence-electron chi connectivity index (χ0n) is 24.9. The Bertz CT molecular complexity index is 990. The van der Waals surface area contributed by atoms with Gasteiger partial charge in [0, 0.05) is 38.0 Å². The summed E-state index contributed by atoms with van der Waals surface area (Å²) in [5.41, 5.74) is 0.635. The maximum Gasteiger partial charge on any atom is 0.411 e. The summed E-state index contributed by atoms with van der Waals surface area (Å²) in [6.45, 7) is 8.84. The van der Waals surface area contributed by atoms with Crippen LogP contribution in [0, 0.1) is 5.92 Å². The zero-order chi connectivity index (χ0) is 29.2. The minimum atomic E-state index is -0.820. The number of rotatable bonds is 10. The second-order valence-corrected chi connectivity index (χ2v) is 13.6. The number of benzene rings is 1. The number of hydrogen-bond donors (Lipinski definition) is 2. The molecule has 3 amide bonds. The van der Waals surface area contributed by atoms with E-state index in [9.17, 15) is 14.4 Å². The van der Waals surface area contributed by atoms with Crippen molar-refractivity contribution < 1.29 is 23.9 Å². The van der Waals surface area contributed by atoms with Crippen molar-refractivity contribution in [2.24, 2.45) is 5.92 Å². The zero-order valence-corrected chi connectivity index (χ0v) is 25.8. The van der Waals surface area contributed by atoms with Crippen LogP contribution < -0.4 is 10.6 Å². The summed E-state index contributed by atoms with van der Waals surface area (Å²) in [4.78, 5) is 43.5. The van der Waals surface area contributed by atoms with Crippen LogP contribution in [0.25, 0.3) is 0 Å². The molecule has 2 atom stereocenters. The highest BCUT2D eigenvalue weighted by atomic mass is 32.2. The summed E-state index contributed by atoms with van der Waals surface area (Å²) in [6.07, 6.45) is 7.20. The number of nitrogens with one attached hydrogen (secondary N) is 2. The van der Waals surface area contributed by atoms with E-state index < -0.39 is 23.8 Å². The Morgan fingerprint density at radius 1 is 1.02 bits per heavy atom. The van der Waals surface area contributed by atoms with Gasteiger partial charge in [0.05, 0.1) is 12.5 Å². The molecule has 0 unspecified atom stereocenters. The minimum Gasteiger partial charge on any atom is -0.444 e. The summed E-state index contributed by atoms with van der Waals surface area (Å²) < 4.78 is 11.6. The van der Waals surface area contributed by atoms with E-state index in [0.717, 1.165) is 45.3 Å². The first kappa shape index (κ1) is 31.6. The molecule has 2 N–H and O–H groups in total. The Labute approximate surface area is 249 Å². The van der Waals surface area contributed by atoms with E-state index in [1.54, 1.807) is 20.8 Å². The van der Waals surface area contributed by atoms with Crippen molar-refractivity contribution in [2.75, 3.05) is 37.9 Å². The van der Waals surface area contributed by atoms with Gasteiger partial charge in [-0.2, -0.15) is 0 Å². The van der Waals surface area contributed by atoms with Crippen LogP contribution in [0.1, 0.15) is 71.3 Å². The van der Waals surface area contributed by atoms with Crippen molar-refractivity contribution in [1.29, 1.82) is 0 Å². The van der Waals surface area contributed by atoms with E-state index in [4.69, 9.17) is 9.47 Å². The highest BCUT2D eigenvalue weighted by Gasteiger charge is 2.39. The number of piperidine rings is 1. The molecule has 0 aromatic heterocycles. The molecule has 0 radical (unpaired) electrons. The molecule has 228 valence electrons. The molecule has 2 heterocycles. The summed E-state index contributed by atoms with van der Waals surface area (Å²) in [5.74, 6) is 0.773. The van der Waals surface area contributed by atoms with Crippen LogP contribution >= 0.6 is 11.8 Å². The quantitative estimate of drug-likeness (QED) is 0.424. The third-order valence-corrected chi connectivity index (χ3v) is 9.00. The van der Waals surface area contributed by atoms with Gasteiger partial charge in [0.15, 0.2) is 0 Å². The number of amides is 3. The van der Waals surface area contributed by atoms with E-state index in [0.29, 0.717) is 24.2 Å². The highest BCUT2D eigenvalue weighted by Crippen LogP contribution is 2.25. The van der Waals surface area contributed by atoms with Crippen molar-refractivity contribution in [3.8, 4) is 0 Å². The van der Waals surface area contributed by atoms with Gasteiger partial charge in [0.2, 0.25) is 11.8 Å². The van der Waals surface area contributed by atoms with Crippen LogP contribution in [0.3, 0.4) is 0 Å². The molecule has 2 saturated heterocycles. The number of hydrogen-bond acceptors (Lipinski definition) is 7. The van der Waals surface area contributed by atoms with Gasteiger partial charge in [0.1, 0.15) is 17.7 Å². The Kier molecular flexibility index (Phi) is 11.8. The monoisotopic (exact) mass is 588 g/mol. The Morgan fingerprint density at radius 2 is 1.73 bits per heavy atom. The van der Waals surface area contributed by atoms with Crippen LogP contribution in [0.4, 0.5) is 4.79 Å². The summed E-state index contributed by atoms with van der Waals surface area (Å²) in [6, 6.07) is 8.97. The van der Waals surface area contributed by atoms with Gasteiger partial charge in [-0.1, -0.05) is 49.6 Å². The fraction of sp³-hybridized carbons (Fsp3) is 0.710. The molecule has 0 bridgehead atoms. The normalized spacial score (nSPS) is 21.8. The van der Waals surface area contributed by atoms with Crippen LogP contribution in [0.15, 0.2) is 30.3 Å². The Morgan fingerprint density at radius 3 is 2.41 bits per heavy atom. The first-order valence-electron chi connectivity index (χ1n) is 15.2. The maximum atomic E-state index is 13.5. The number of nitrogens with zero attached hydrogens (tertiary/aromatic N) is 2. The van der Waals surface area contributed by atoms with Gasteiger partial charge in [-0.15, -0.1) is 11.8 Å². The fourth-order valence-corrected chi connectivity index (χ4v) is 6.84. The Hall–Kier alpha value is -2.30. The van der Waals surface area contributed by atoms with Gasteiger partial charge in [0.25, 0.3) is 0 Å². The van der Waals surface area contributed by atoms with E-state index in [-0.39, 0.29) is 24.5 Å². The first-order valence-corrected chi connectivity index (χ1v) is 16.4. The second-order valence-electron chi connectivity index (χ2n) is 12.6. The van der Waals surface area contributed by atoms with E-state index >= 15 is 0 Å². The number of likely N-dealkylation sites (tertiary alicyclic amines) is 1. The molecular formula is C31H48N4O5S. The van der Waals surface area contributed by atoms with Crippen molar-refractivity contribution in [1.82, 2.24) is 20.4 Å². The van der Waals surface area contributed by atoms with E-state index in [1.807, 2.05) is 6.07 Å². The number of carbonyl (C=O) groups is 3. The lowest BCUT2D eigenvalue weighted by atomic mass is 9.90. The van der Waals surface area contributed by atoms with E-state index in [2.05, 4.69) is 39.8 Å². The molecule has 10 heteroatoms. The standard InChI is InChI=1S/C31H48N4O5S/c1-31(2,3)40-30(38)35-22-41-21-27(35)29(37)33-26(20-39-19-24-12-8-5-9-13-24)28(36)32-25-14-16-34(17-15-25)18-23-10-6-4-7-11-23/h4,6-7,10-11,24-27H,5,8-9,12-22H2,1-3H3,(H,32,36)(H,33,37)/t26-,27-/m0/s1. The van der Waals surface area contributed by atoms with Gasteiger partial charge < -0.3 is 20.1 Å². The molecule has 9 nitrogen and oxygen atoms in total. The highest BCUT2D eigenvalue weighted by molar-refractivity contribution is 7.99. The topological polar surface area (TPSA) is 100 Å². The van der Waals surface area contributed by atoms with Crippen molar-refractivity contribution in [3.05, 3.63) is 35.9 Å². The molecule has 1 aromatic carbocycles. The van der Waals surface area contributed by atoms with Crippen LogP contribution in [-0.2, 0) is 25.6 Å². The Balaban J connectivity index is 1.32. The molecule has 4 rings (SSSR count). The van der Waals surface area contributed by atoms with Gasteiger partial charge in [-0.05, 0) is 57.9 Å². The maximum absolute atomic E-state index is 13.5. The molecular weight excluding hydrogens is 540 g/mol. The summed E-state index contributed by atoms with van der Waals surface area (Å²) in [7, 11) is 0. The lowest BCUT2D eigenvalue weighted by Crippen LogP contribution is -2.57. The van der Waals surface area contributed by atoms with Crippen molar-refractivity contribution >= 4 is 29.7 Å². The van der Waals surface area contributed by atoms with Crippen LogP contribution in [0.5, 0.6) is 0 Å². The molecule has 41 heavy (non-hydrogen) atoms. The summed E-state index contributed by atoms with van der Waals surface area (Å²) in [5, 5.41) is 6.11. The SMILES string of the molecule is CC(C)(C)OC(=O)N1CSC[C@H]1C(=O)N[C@@H](COCC1CCCCC1)C(=O)NC1CCN(Cc2ccccc2)CC1. The molecule has 1 saturated carbocycles. The van der Waals surface area contributed by atoms with E-state index in [1.165, 1.54) is 41.5 Å². The average molecular weight is 589 g/mol. The predicted molar refractivity (Wildman–Crippen MR) is 161 cm³/mol. The first-order chi connectivity index (χ1) is 19.7. The molecule has 2 aliphatic heterocycles. The summed E-state index contributed by atoms with van der Waals surface area (Å²) >= 11 is 1.50. The molecule has 1 aromatic rings. The van der Waals surface area contributed by atoms with Crippen LogP contribution in [-0.4, -0.2) is 89.4 Å².